The fourth-order valence-electron chi connectivity index (χ4n) is 3.08. The molecule has 2 rings (SSSR count). The van der Waals surface area contributed by atoms with Crippen molar-refractivity contribution in [1.82, 2.24) is 0 Å². The van der Waals surface area contributed by atoms with E-state index in [2.05, 4.69) is 0 Å². The number of ether oxygens (including phenoxy) is 1. The van der Waals surface area contributed by atoms with Crippen LogP contribution in [0.3, 0.4) is 0 Å². The molecule has 1 aromatic carbocycles. The normalized spacial score (nSPS) is 25.0. The molecule has 1 aromatic rings. The van der Waals surface area contributed by atoms with Gasteiger partial charge in [-0.25, -0.2) is 26.3 Å². The van der Waals surface area contributed by atoms with Crippen molar-refractivity contribution in [1.29, 1.82) is 0 Å². The average Bonchev–Trinajstić information content (AvgIpc) is 2.96. The topological polar surface area (TPSA) is 26.3 Å². The van der Waals surface area contributed by atoms with Crippen LogP contribution in [0.25, 0.3) is 0 Å². The minimum absolute atomic E-state index is 0.505. The number of benzene rings is 1. The molecule has 1 aliphatic rings. The number of allylic oxidation sites excluding steroid dienone is 2. The minimum atomic E-state index is -2.29. The Balaban J connectivity index is 2.24. The first-order valence-electron chi connectivity index (χ1n) is 7.38. The van der Waals surface area contributed by atoms with Crippen molar-refractivity contribution >= 4 is 5.97 Å². The van der Waals surface area contributed by atoms with Crippen molar-refractivity contribution in [2.45, 2.75) is 34.3 Å². The molecule has 8 heteroatoms. The van der Waals surface area contributed by atoms with Gasteiger partial charge in [-0.1, -0.05) is 13.8 Å². The molecule has 0 N–H and O–H groups in total. The molecule has 0 radical (unpaired) electrons. The van der Waals surface area contributed by atoms with Crippen LogP contribution in [-0.2, 0) is 16.1 Å². The largest absolute Gasteiger partial charge is 0.460 e. The molecule has 138 valence electrons. The van der Waals surface area contributed by atoms with E-state index in [1.54, 1.807) is 13.8 Å². The maximum Gasteiger partial charge on any atom is 0.313 e. The Bertz CT molecular complexity index is 738. The second-order valence-electron chi connectivity index (χ2n) is 6.78. The summed E-state index contributed by atoms with van der Waals surface area (Å²) in [4.78, 5) is 12.3. The highest BCUT2D eigenvalue weighted by Crippen LogP contribution is 2.70. The molecule has 1 unspecified atom stereocenters. The predicted octanol–water partition coefficient (Wildman–Crippen LogP) is 4.96. The molecule has 25 heavy (non-hydrogen) atoms. The van der Waals surface area contributed by atoms with E-state index in [0.29, 0.717) is 0 Å². The molecular weight excluding hydrogens is 350 g/mol. The molecule has 0 saturated heterocycles. The van der Waals surface area contributed by atoms with Crippen LogP contribution in [0.15, 0.2) is 11.9 Å². The van der Waals surface area contributed by atoms with Gasteiger partial charge < -0.3 is 4.74 Å². The first-order chi connectivity index (χ1) is 11.4. The van der Waals surface area contributed by atoms with Gasteiger partial charge in [-0.05, 0) is 25.3 Å². The van der Waals surface area contributed by atoms with Crippen molar-refractivity contribution in [2.24, 2.45) is 16.7 Å². The zero-order chi connectivity index (χ0) is 19.3. The summed E-state index contributed by atoms with van der Waals surface area (Å²) in [5, 5.41) is 0. The molecular formula is C17H16F6O2. The molecule has 0 amide bonds. The van der Waals surface area contributed by atoms with Gasteiger partial charge in [0.05, 0.1) is 16.8 Å². The van der Waals surface area contributed by atoms with Gasteiger partial charge in [0.25, 0.3) is 0 Å². The lowest BCUT2D eigenvalue weighted by molar-refractivity contribution is -0.152. The lowest BCUT2D eigenvalue weighted by Gasteiger charge is -2.15. The highest BCUT2D eigenvalue weighted by Gasteiger charge is 2.72. The number of carbonyl (C=O) groups is 1. The zero-order valence-electron chi connectivity index (χ0n) is 13.9. The van der Waals surface area contributed by atoms with Gasteiger partial charge in [0.1, 0.15) is 6.61 Å². The number of halogens is 6. The van der Waals surface area contributed by atoms with Crippen LogP contribution in [-0.4, -0.2) is 5.97 Å². The molecule has 0 aliphatic heterocycles. The standard InChI is InChI=1S/C17H16F6O2/c1-7(18)5-9-16(2,3)17(9,4)15(24)25-6-8-10(19)12(21)14(23)13(22)11(8)20/h5,9H,6H2,1-4H3/b7-5-/t9-,17?/m0/s1. The third-order valence-electron chi connectivity index (χ3n) is 5.12. The quantitative estimate of drug-likeness (QED) is 0.326. The first kappa shape index (κ1) is 19.3. The van der Waals surface area contributed by atoms with E-state index in [9.17, 15) is 31.1 Å². The third kappa shape index (κ3) is 2.81. The van der Waals surface area contributed by atoms with E-state index in [1.165, 1.54) is 19.9 Å². The maximum absolute atomic E-state index is 13.6. The van der Waals surface area contributed by atoms with Crippen molar-refractivity contribution in [3.8, 4) is 0 Å². The first-order valence-corrected chi connectivity index (χ1v) is 7.38. The molecule has 1 aliphatic carbocycles. The number of carbonyl (C=O) groups excluding carboxylic acids is 1. The summed E-state index contributed by atoms with van der Waals surface area (Å²) >= 11 is 0. The van der Waals surface area contributed by atoms with Crippen LogP contribution in [0.1, 0.15) is 33.3 Å². The monoisotopic (exact) mass is 366 g/mol. The van der Waals surface area contributed by atoms with Crippen molar-refractivity contribution < 1.29 is 35.9 Å². The Morgan fingerprint density at radius 1 is 1.00 bits per heavy atom. The van der Waals surface area contributed by atoms with Gasteiger partial charge in [0, 0.05) is 5.92 Å². The highest BCUT2D eigenvalue weighted by atomic mass is 19.2. The Labute approximate surface area is 140 Å². The molecule has 0 spiro atoms. The van der Waals surface area contributed by atoms with Crippen molar-refractivity contribution in [2.75, 3.05) is 0 Å². The van der Waals surface area contributed by atoms with E-state index in [1.807, 2.05) is 0 Å². The number of rotatable bonds is 4. The van der Waals surface area contributed by atoms with Crippen LogP contribution in [0, 0.1) is 45.8 Å². The molecule has 1 fully saturated rings. The minimum Gasteiger partial charge on any atom is -0.460 e. The van der Waals surface area contributed by atoms with Crippen LogP contribution >= 0.6 is 0 Å². The summed E-state index contributed by atoms with van der Waals surface area (Å²) in [7, 11) is 0. The Kier molecular flexibility index (Phi) is 4.69. The van der Waals surface area contributed by atoms with E-state index >= 15 is 0 Å². The molecule has 0 aromatic heterocycles. The second-order valence-corrected chi connectivity index (χ2v) is 6.78. The summed E-state index contributed by atoms with van der Waals surface area (Å²) < 4.78 is 84.4. The Morgan fingerprint density at radius 3 is 1.88 bits per heavy atom. The van der Waals surface area contributed by atoms with Crippen LogP contribution in [0.4, 0.5) is 26.3 Å². The van der Waals surface area contributed by atoms with Gasteiger partial charge >= 0.3 is 5.97 Å². The highest BCUT2D eigenvalue weighted by molar-refractivity contribution is 5.83. The lowest BCUT2D eigenvalue weighted by atomic mass is 9.98. The van der Waals surface area contributed by atoms with Gasteiger partial charge in [-0.3, -0.25) is 4.79 Å². The molecule has 1 saturated carbocycles. The summed E-state index contributed by atoms with van der Waals surface area (Å²) in [6, 6.07) is 0. The predicted molar refractivity (Wildman–Crippen MR) is 76.3 cm³/mol. The van der Waals surface area contributed by atoms with Crippen molar-refractivity contribution in [3.63, 3.8) is 0 Å². The van der Waals surface area contributed by atoms with Crippen LogP contribution < -0.4 is 0 Å². The smallest absolute Gasteiger partial charge is 0.313 e. The molecule has 0 bridgehead atoms. The fraction of sp³-hybridized carbons (Fsp3) is 0.471. The number of esters is 1. The Hall–Kier alpha value is -1.99. The van der Waals surface area contributed by atoms with Crippen LogP contribution in [0.5, 0.6) is 0 Å². The molecule has 0 heterocycles. The second kappa shape index (κ2) is 6.07. The van der Waals surface area contributed by atoms with E-state index in [4.69, 9.17) is 4.74 Å². The van der Waals surface area contributed by atoms with E-state index in [0.717, 1.165) is 0 Å². The third-order valence-corrected chi connectivity index (χ3v) is 5.12. The SMILES string of the molecule is C/C(F)=C/[C@H]1C(C)(C)C1(C)C(=O)OCc1c(F)c(F)c(F)c(F)c1F. The van der Waals surface area contributed by atoms with Gasteiger partial charge in [-0.15, -0.1) is 0 Å². The lowest BCUT2D eigenvalue weighted by Crippen LogP contribution is -2.22. The Morgan fingerprint density at radius 2 is 1.44 bits per heavy atom. The number of hydrogen-bond acceptors (Lipinski definition) is 2. The zero-order valence-corrected chi connectivity index (χ0v) is 13.9. The summed E-state index contributed by atoms with van der Waals surface area (Å²) in [6.45, 7) is 4.92. The number of hydrogen-bond donors (Lipinski definition) is 0. The summed E-state index contributed by atoms with van der Waals surface area (Å²) in [5.74, 6) is -12.6. The molecule has 2 nitrogen and oxygen atoms in total. The van der Waals surface area contributed by atoms with Gasteiger partial charge in [0.2, 0.25) is 5.82 Å². The van der Waals surface area contributed by atoms with E-state index < -0.39 is 69.8 Å². The summed E-state index contributed by atoms with van der Waals surface area (Å²) in [5.41, 5.74) is -3.10. The van der Waals surface area contributed by atoms with Crippen molar-refractivity contribution in [3.05, 3.63) is 46.6 Å². The van der Waals surface area contributed by atoms with Crippen LogP contribution in [0.2, 0.25) is 0 Å². The van der Waals surface area contributed by atoms with Gasteiger partial charge in [-0.2, -0.15) is 0 Å². The van der Waals surface area contributed by atoms with E-state index in [-0.39, 0.29) is 0 Å². The summed E-state index contributed by atoms with van der Waals surface area (Å²) in [6.07, 6.45) is 1.24. The molecule has 2 atom stereocenters. The van der Waals surface area contributed by atoms with Gasteiger partial charge in [0.15, 0.2) is 23.3 Å². The fourth-order valence-corrected chi connectivity index (χ4v) is 3.08. The maximum atomic E-state index is 13.6. The average molecular weight is 366 g/mol.